The average molecular weight is 396 g/mol. The van der Waals surface area contributed by atoms with Gasteiger partial charge in [0.15, 0.2) is 0 Å². The van der Waals surface area contributed by atoms with E-state index in [0.717, 1.165) is 17.7 Å². The number of para-hydroxylation sites is 1. The van der Waals surface area contributed by atoms with Crippen LogP contribution in [0, 0.1) is 0 Å². The third-order valence-corrected chi connectivity index (χ3v) is 5.23. The van der Waals surface area contributed by atoms with Gasteiger partial charge in [0.2, 0.25) is 17.8 Å². The molecule has 0 unspecified atom stereocenters. The summed E-state index contributed by atoms with van der Waals surface area (Å²) < 4.78 is 5.35. The number of nitrogens with two attached hydrogens (primary N) is 1. The lowest BCUT2D eigenvalue weighted by Crippen LogP contribution is -2.38. The smallest absolute Gasteiger partial charge is 0.232 e. The fourth-order valence-electron chi connectivity index (χ4n) is 3.68. The first-order valence-electron chi connectivity index (χ1n) is 9.75. The number of nitrogens with one attached hydrogen (secondary N) is 2. The van der Waals surface area contributed by atoms with Crippen LogP contribution in [0.2, 0.25) is 0 Å². The van der Waals surface area contributed by atoms with E-state index < -0.39 is 5.92 Å². The van der Waals surface area contributed by atoms with Crippen LogP contribution in [-0.4, -0.2) is 48.1 Å². The van der Waals surface area contributed by atoms with Crippen LogP contribution in [-0.2, 0) is 20.7 Å². The first-order valence-corrected chi connectivity index (χ1v) is 9.75. The Balaban J connectivity index is 1.64. The predicted molar refractivity (Wildman–Crippen MR) is 110 cm³/mol. The number of anilines is 4. The molecule has 0 saturated carbocycles. The van der Waals surface area contributed by atoms with Crippen LogP contribution in [0.1, 0.15) is 30.4 Å². The summed E-state index contributed by atoms with van der Waals surface area (Å²) in [5, 5.41) is 5.68. The van der Waals surface area contributed by atoms with Gasteiger partial charge in [-0.2, -0.15) is 9.97 Å². The summed E-state index contributed by atoms with van der Waals surface area (Å²) in [5.41, 5.74) is 8.45. The number of hydrogen-bond acceptors (Lipinski definition) is 7. The van der Waals surface area contributed by atoms with Crippen molar-refractivity contribution in [3.63, 3.8) is 0 Å². The molecular weight excluding hydrogens is 372 g/mol. The molecule has 1 aromatic heterocycles. The zero-order valence-electron chi connectivity index (χ0n) is 16.3. The van der Waals surface area contributed by atoms with Gasteiger partial charge in [-0.1, -0.05) is 25.1 Å². The van der Waals surface area contributed by atoms with Gasteiger partial charge in [0.05, 0.1) is 24.7 Å². The maximum atomic E-state index is 13.1. The number of amides is 2. The Morgan fingerprint density at radius 2 is 2.07 bits per heavy atom. The Morgan fingerprint density at radius 1 is 1.31 bits per heavy atom. The lowest BCUT2D eigenvalue weighted by Gasteiger charge is -2.30. The lowest BCUT2D eigenvalue weighted by atomic mass is 9.91. The van der Waals surface area contributed by atoms with Crippen LogP contribution in [0.25, 0.3) is 0 Å². The van der Waals surface area contributed by atoms with Crippen LogP contribution in [0.5, 0.6) is 0 Å². The number of aryl methyl sites for hydroxylation is 1. The number of fused-ring (bicyclic) bond motifs is 1. The minimum absolute atomic E-state index is 0.00239. The number of hydrogen-bond donors (Lipinski definition) is 3. The molecule has 1 saturated heterocycles. The highest BCUT2D eigenvalue weighted by Gasteiger charge is 2.35. The number of nitrogen functional groups attached to an aromatic ring is 1. The minimum atomic E-state index is -0.748. The van der Waals surface area contributed by atoms with Crippen LogP contribution in [0.15, 0.2) is 24.3 Å². The van der Waals surface area contributed by atoms with Crippen molar-refractivity contribution in [3.8, 4) is 0 Å². The first kappa shape index (κ1) is 19.1. The Bertz CT molecular complexity index is 942. The van der Waals surface area contributed by atoms with E-state index in [1.165, 1.54) is 0 Å². The summed E-state index contributed by atoms with van der Waals surface area (Å²) in [6.45, 7) is 4.46. The molecule has 0 spiro atoms. The number of nitrogens with zero attached hydrogens (tertiary/aromatic N) is 3. The van der Waals surface area contributed by atoms with E-state index in [1.807, 2.05) is 36.1 Å². The van der Waals surface area contributed by atoms with Gasteiger partial charge in [-0.05, 0) is 18.1 Å². The molecule has 1 aromatic carbocycles. The normalized spacial score (nSPS) is 18.7. The van der Waals surface area contributed by atoms with E-state index in [4.69, 9.17) is 10.5 Å². The molecule has 29 heavy (non-hydrogen) atoms. The van der Waals surface area contributed by atoms with Gasteiger partial charge in [0, 0.05) is 25.2 Å². The van der Waals surface area contributed by atoms with Gasteiger partial charge in [0.25, 0.3) is 0 Å². The van der Waals surface area contributed by atoms with Crippen molar-refractivity contribution < 1.29 is 14.3 Å². The molecule has 2 aromatic rings. The van der Waals surface area contributed by atoms with Crippen molar-refractivity contribution >= 4 is 35.1 Å². The molecule has 4 rings (SSSR count). The molecule has 2 aliphatic heterocycles. The molecule has 2 amide bonds. The molecule has 0 aliphatic carbocycles. The van der Waals surface area contributed by atoms with Crippen LogP contribution in [0.3, 0.4) is 0 Å². The Kier molecular flexibility index (Phi) is 5.30. The largest absolute Gasteiger partial charge is 0.383 e. The van der Waals surface area contributed by atoms with Gasteiger partial charge in [-0.25, -0.2) is 0 Å². The Morgan fingerprint density at radius 3 is 2.83 bits per heavy atom. The van der Waals surface area contributed by atoms with Crippen LogP contribution < -0.4 is 21.3 Å². The highest BCUT2D eigenvalue weighted by atomic mass is 16.5. The molecule has 9 heteroatoms. The zero-order chi connectivity index (χ0) is 20.4. The quantitative estimate of drug-likeness (QED) is 0.716. The summed E-state index contributed by atoms with van der Waals surface area (Å²) >= 11 is 0. The molecule has 9 nitrogen and oxygen atoms in total. The maximum Gasteiger partial charge on any atom is 0.232 e. The molecule has 152 valence electrons. The highest BCUT2D eigenvalue weighted by Crippen LogP contribution is 2.36. The highest BCUT2D eigenvalue weighted by molar-refractivity contribution is 6.05. The van der Waals surface area contributed by atoms with E-state index in [2.05, 4.69) is 20.6 Å². The molecule has 1 atom stereocenters. The second-order valence-corrected chi connectivity index (χ2v) is 7.08. The second-order valence-electron chi connectivity index (χ2n) is 7.08. The monoisotopic (exact) mass is 396 g/mol. The van der Waals surface area contributed by atoms with Gasteiger partial charge in [0.1, 0.15) is 11.6 Å². The first-order chi connectivity index (χ1) is 14.1. The third-order valence-electron chi connectivity index (χ3n) is 5.23. The van der Waals surface area contributed by atoms with E-state index in [0.29, 0.717) is 43.6 Å². The molecule has 0 bridgehead atoms. The summed E-state index contributed by atoms with van der Waals surface area (Å²) in [6.07, 6.45) is 0.782. The second kappa shape index (κ2) is 8.04. The van der Waals surface area contributed by atoms with Crippen molar-refractivity contribution in [2.24, 2.45) is 0 Å². The van der Waals surface area contributed by atoms with Gasteiger partial charge < -0.3 is 26.0 Å². The molecular formula is C20H24N6O3. The fraction of sp³-hybridized carbons (Fsp3) is 0.400. The van der Waals surface area contributed by atoms with Gasteiger partial charge in [-0.15, -0.1) is 0 Å². The predicted octanol–water partition coefficient (Wildman–Crippen LogP) is 1.52. The van der Waals surface area contributed by atoms with Crippen LogP contribution >= 0.6 is 0 Å². The van der Waals surface area contributed by atoms with E-state index >= 15 is 0 Å². The van der Waals surface area contributed by atoms with Crippen molar-refractivity contribution in [3.05, 3.63) is 35.4 Å². The van der Waals surface area contributed by atoms with Crippen molar-refractivity contribution in [1.29, 1.82) is 0 Å². The Labute approximate surface area is 168 Å². The van der Waals surface area contributed by atoms with Crippen molar-refractivity contribution in [2.75, 3.05) is 47.6 Å². The summed E-state index contributed by atoms with van der Waals surface area (Å²) in [5.74, 6) is -0.367. The van der Waals surface area contributed by atoms with Crippen molar-refractivity contribution in [2.45, 2.75) is 25.7 Å². The minimum Gasteiger partial charge on any atom is -0.383 e. The number of benzene rings is 1. The maximum absolute atomic E-state index is 13.1. The number of rotatable bonds is 4. The number of carbonyl (C=O) groups is 2. The number of aromatic nitrogens is 2. The number of carbonyl (C=O) groups excluding carboxylic acids is 2. The average Bonchev–Trinajstić information content (AvgIpc) is 2.73. The van der Waals surface area contributed by atoms with Gasteiger partial charge >= 0.3 is 0 Å². The summed E-state index contributed by atoms with van der Waals surface area (Å²) in [4.78, 5) is 36.2. The topological polar surface area (TPSA) is 122 Å². The van der Waals surface area contributed by atoms with E-state index in [-0.39, 0.29) is 24.1 Å². The number of morpholine rings is 1. The van der Waals surface area contributed by atoms with Crippen LogP contribution in [0.4, 0.5) is 23.3 Å². The SMILES string of the molecule is CCc1ccccc1NC(=O)[C@@H]1CC(=O)Nc2nc(N3CCOCC3)nc(N)c21. The summed E-state index contributed by atoms with van der Waals surface area (Å²) in [7, 11) is 0. The molecule has 2 aliphatic rings. The van der Waals surface area contributed by atoms with Gasteiger partial charge in [-0.3, -0.25) is 9.59 Å². The molecule has 1 fully saturated rings. The van der Waals surface area contributed by atoms with E-state index in [1.54, 1.807) is 0 Å². The molecule has 0 radical (unpaired) electrons. The lowest BCUT2D eigenvalue weighted by molar-refractivity contribution is -0.123. The third kappa shape index (κ3) is 3.86. The molecule has 4 N–H and O–H groups in total. The standard InChI is InChI=1S/C20H24N6O3/c1-2-12-5-3-4-6-14(12)22-19(28)13-11-15(27)23-18-16(13)17(21)24-20(25-18)26-7-9-29-10-8-26/h3-6,13H,2,7-11H2,1H3,(H,22,28)(H3,21,23,24,25,27)/t13-/m1/s1. The fourth-order valence-corrected chi connectivity index (χ4v) is 3.68. The summed E-state index contributed by atoms with van der Waals surface area (Å²) in [6, 6.07) is 7.60. The van der Waals surface area contributed by atoms with Crippen molar-refractivity contribution in [1.82, 2.24) is 9.97 Å². The van der Waals surface area contributed by atoms with E-state index in [9.17, 15) is 9.59 Å². The molecule has 3 heterocycles. The Hall–Kier alpha value is -3.20. The zero-order valence-corrected chi connectivity index (χ0v) is 16.3. The number of ether oxygens (including phenoxy) is 1.